The van der Waals surface area contributed by atoms with E-state index in [4.69, 9.17) is 11.6 Å². The summed E-state index contributed by atoms with van der Waals surface area (Å²) in [4.78, 5) is 29.1. The number of aromatic nitrogens is 2. The van der Waals surface area contributed by atoms with Crippen molar-refractivity contribution in [3.63, 3.8) is 0 Å². The molecule has 2 fully saturated rings. The van der Waals surface area contributed by atoms with Crippen LogP contribution in [0.4, 0.5) is 18.0 Å². The predicted octanol–water partition coefficient (Wildman–Crippen LogP) is 5.89. The number of hydrogen-bond acceptors (Lipinski definition) is 5. The molecule has 0 unspecified atom stereocenters. The van der Waals surface area contributed by atoms with E-state index in [-0.39, 0.29) is 28.3 Å². The van der Waals surface area contributed by atoms with Gasteiger partial charge in [0.1, 0.15) is 0 Å². The molecule has 0 saturated carbocycles. The third-order valence-corrected chi connectivity index (χ3v) is 7.52. The van der Waals surface area contributed by atoms with Crippen molar-refractivity contribution in [1.29, 1.82) is 0 Å². The summed E-state index contributed by atoms with van der Waals surface area (Å²) in [6.45, 7) is 2.97. The number of likely N-dealkylation sites (tertiary alicyclic amines) is 1. The molecule has 188 valence electrons. The zero-order chi connectivity index (χ0) is 25.4. The van der Waals surface area contributed by atoms with Gasteiger partial charge in [-0.25, -0.2) is 0 Å². The van der Waals surface area contributed by atoms with E-state index in [1.54, 1.807) is 30.5 Å². The molecule has 2 aliphatic heterocycles. The predicted molar refractivity (Wildman–Crippen MR) is 134 cm³/mol. The van der Waals surface area contributed by atoms with Crippen LogP contribution >= 0.6 is 23.4 Å². The Kier molecular flexibility index (Phi) is 6.84. The number of carbonyl (C=O) groups excluding carboxylic acids is 2. The molecule has 2 aromatic carbocycles. The molecule has 2 saturated heterocycles. The molecule has 5 rings (SSSR count). The van der Waals surface area contributed by atoms with Crippen molar-refractivity contribution >= 4 is 51.5 Å². The lowest BCUT2D eigenvalue weighted by molar-refractivity contribution is -0.138. The number of nitrogens with zero attached hydrogens (tertiary/aromatic N) is 4. The van der Waals surface area contributed by atoms with Gasteiger partial charge >= 0.3 is 6.18 Å². The highest BCUT2D eigenvalue weighted by Gasteiger charge is 2.35. The molecule has 3 heterocycles. The summed E-state index contributed by atoms with van der Waals surface area (Å²) in [7, 11) is 0. The molecule has 0 bridgehead atoms. The summed E-state index contributed by atoms with van der Waals surface area (Å²) in [6.07, 6.45) is 0.984. The number of thioether (sulfide) groups is 1. The van der Waals surface area contributed by atoms with E-state index in [0.29, 0.717) is 34.5 Å². The van der Waals surface area contributed by atoms with Crippen LogP contribution in [-0.4, -0.2) is 56.9 Å². The van der Waals surface area contributed by atoms with E-state index in [2.05, 4.69) is 10.00 Å². The Morgan fingerprint density at radius 3 is 2.58 bits per heavy atom. The monoisotopic (exact) mass is 534 g/mol. The molecule has 2 amide bonds. The molecule has 0 spiro atoms. The molecule has 0 aliphatic carbocycles. The lowest BCUT2D eigenvalue weighted by Gasteiger charge is -2.18. The summed E-state index contributed by atoms with van der Waals surface area (Å²) in [5.74, 6) is -0.303. The molecule has 3 aromatic rings. The number of rotatable bonds is 6. The molecule has 2 aliphatic rings. The molecule has 11 heteroatoms. The highest BCUT2D eigenvalue weighted by molar-refractivity contribution is 8.18. The van der Waals surface area contributed by atoms with Crippen molar-refractivity contribution in [1.82, 2.24) is 19.6 Å². The topological polar surface area (TPSA) is 58.4 Å². The SMILES string of the molecule is O=C1S/C(=C\c2ccc3c(cnn3Cc3ccc(Cl)cc3C(F)(F)F)c2)C(=O)N1CCN1CCCC1. The van der Waals surface area contributed by atoms with Crippen molar-refractivity contribution in [2.45, 2.75) is 25.6 Å². The van der Waals surface area contributed by atoms with E-state index in [1.165, 1.54) is 21.7 Å². The lowest BCUT2D eigenvalue weighted by atomic mass is 10.1. The normalized spacial score (nSPS) is 18.3. The average molecular weight is 535 g/mol. The van der Waals surface area contributed by atoms with Crippen LogP contribution in [0, 0.1) is 0 Å². The largest absolute Gasteiger partial charge is 0.416 e. The van der Waals surface area contributed by atoms with Crippen LogP contribution in [0.2, 0.25) is 5.02 Å². The molecular formula is C25H22ClF3N4O2S. The van der Waals surface area contributed by atoms with Crippen molar-refractivity contribution < 1.29 is 22.8 Å². The highest BCUT2D eigenvalue weighted by atomic mass is 35.5. The molecular weight excluding hydrogens is 513 g/mol. The maximum atomic E-state index is 13.5. The first kappa shape index (κ1) is 24.9. The fraction of sp³-hybridized carbons (Fsp3) is 0.320. The summed E-state index contributed by atoms with van der Waals surface area (Å²) < 4.78 is 41.9. The van der Waals surface area contributed by atoms with Gasteiger partial charge in [-0.2, -0.15) is 18.3 Å². The van der Waals surface area contributed by atoms with Gasteiger partial charge in [-0.15, -0.1) is 0 Å². The van der Waals surface area contributed by atoms with Crippen molar-refractivity contribution in [2.24, 2.45) is 0 Å². The Morgan fingerprint density at radius 1 is 1.06 bits per heavy atom. The first-order valence-corrected chi connectivity index (χ1v) is 12.7. The first-order valence-electron chi connectivity index (χ1n) is 11.5. The van der Waals surface area contributed by atoms with Gasteiger partial charge in [0.25, 0.3) is 11.1 Å². The zero-order valence-electron chi connectivity index (χ0n) is 19.1. The maximum absolute atomic E-state index is 13.5. The van der Waals surface area contributed by atoms with E-state index >= 15 is 0 Å². The molecule has 6 nitrogen and oxygen atoms in total. The maximum Gasteiger partial charge on any atom is 0.416 e. The van der Waals surface area contributed by atoms with Crippen LogP contribution in [-0.2, 0) is 17.5 Å². The number of benzene rings is 2. The van der Waals surface area contributed by atoms with Gasteiger partial charge in [0.2, 0.25) is 0 Å². The minimum Gasteiger partial charge on any atom is -0.302 e. The number of imide groups is 1. The second-order valence-electron chi connectivity index (χ2n) is 8.80. The van der Waals surface area contributed by atoms with E-state index in [9.17, 15) is 22.8 Å². The Hall–Kier alpha value is -2.82. The Bertz CT molecular complexity index is 1370. The van der Waals surface area contributed by atoms with Gasteiger partial charge in [0.15, 0.2) is 0 Å². The van der Waals surface area contributed by atoms with Gasteiger partial charge in [-0.05, 0) is 79.2 Å². The summed E-state index contributed by atoms with van der Waals surface area (Å²) in [5.41, 5.74) is 0.614. The molecule has 0 radical (unpaired) electrons. The van der Waals surface area contributed by atoms with Crippen LogP contribution in [0.1, 0.15) is 29.5 Å². The quantitative estimate of drug-likeness (QED) is 0.369. The van der Waals surface area contributed by atoms with Crippen molar-refractivity contribution in [3.8, 4) is 0 Å². The van der Waals surface area contributed by atoms with Gasteiger partial charge in [0, 0.05) is 23.5 Å². The van der Waals surface area contributed by atoms with Crippen LogP contribution in [0.25, 0.3) is 17.0 Å². The fourth-order valence-corrected chi connectivity index (χ4v) is 5.56. The smallest absolute Gasteiger partial charge is 0.302 e. The van der Waals surface area contributed by atoms with Crippen LogP contribution in [0.3, 0.4) is 0 Å². The first-order chi connectivity index (χ1) is 17.2. The summed E-state index contributed by atoms with van der Waals surface area (Å²) in [6, 6.07) is 8.99. The van der Waals surface area contributed by atoms with Crippen LogP contribution in [0.5, 0.6) is 0 Å². The van der Waals surface area contributed by atoms with Gasteiger partial charge in [-0.3, -0.25) is 19.2 Å². The van der Waals surface area contributed by atoms with Gasteiger partial charge < -0.3 is 4.90 Å². The minimum absolute atomic E-state index is 0.0153. The second-order valence-corrected chi connectivity index (χ2v) is 10.2. The van der Waals surface area contributed by atoms with Gasteiger partial charge in [0.05, 0.1) is 28.7 Å². The highest BCUT2D eigenvalue weighted by Crippen LogP contribution is 2.35. The van der Waals surface area contributed by atoms with Crippen LogP contribution < -0.4 is 0 Å². The van der Waals surface area contributed by atoms with E-state index in [0.717, 1.165) is 43.8 Å². The van der Waals surface area contributed by atoms with Crippen LogP contribution in [0.15, 0.2) is 47.5 Å². The summed E-state index contributed by atoms with van der Waals surface area (Å²) >= 11 is 6.70. The fourth-order valence-electron chi connectivity index (χ4n) is 4.52. The number of hydrogen-bond donors (Lipinski definition) is 0. The Morgan fingerprint density at radius 2 is 1.83 bits per heavy atom. The minimum atomic E-state index is -4.53. The molecule has 0 atom stereocenters. The third-order valence-electron chi connectivity index (χ3n) is 6.37. The molecule has 0 N–H and O–H groups in total. The number of alkyl halides is 3. The van der Waals surface area contributed by atoms with Crippen molar-refractivity contribution in [3.05, 3.63) is 69.2 Å². The summed E-state index contributed by atoms with van der Waals surface area (Å²) in [5, 5.41) is 4.71. The van der Waals surface area contributed by atoms with E-state index in [1.807, 2.05) is 0 Å². The standard InChI is InChI=1S/C25H22ClF3N4O2S/c26-19-5-4-17(20(13-19)25(27,28)29)15-33-21-6-3-16(11-18(21)14-30-33)12-22-23(34)32(24(35)36-22)10-9-31-7-1-2-8-31/h3-6,11-14H,1-2,7-10,15H2/b22-12-. The number of fused-ring (bicyclic) bond motifs is 1. The van der Waals surface area contributed by atoms with E-state index < -0.39 is 11.7 Å². The molecule has 36 heavy (non-hydrogen) atoms. The Labute approximate surface area is 214 Å². The third kappa shape index (κ3) is 5.16. The van der Waals surface area contributed by atoms with Gasteiger partial charge in [-0.1, -0.05) is 23.7 Å². The number of carbonyl (C=O) groups is 2. The number of halogens is 4. The molecule has 1 aromatic heterocycles. The average Bonchev–Trinajstić information content (AvgIpc) is 3.54. The zero-order valence-corrected chi connectivity index (χ0v) is 20.7. The second kappa shape index (κ2) is 9.91. The number of amides is 2. The van der Waals surface area contributed by atoms with Crippen molar-refractivity contribution in [2.75, 3.05) is 26.2 Å². The Balaban J connectivity index is 1.34. The lowest BCUT2D eigenvalue weighted by Crippen LogP contribution is -2.36.